The van der Waals surface area contributed by atoms with Gasteiger partial charge in [-0.2, -0.15) is 0 Å². The monoisotopic (exact) mass is 423 g/mol. The lowest BCUT2D eigenvalue weighted by molar-refractivity contribution is 0.419. The van der Waals surface area contributed by atoms with Gasteiger partial charge in [0.15, 0.2) is 0 Å². The quantitative estimate of drug-likeness (QED) is 0.406. The Morgan fingerprint density at radius 1 is 1.11 bits per heavy atom. The van der Waals surface area contributed by atoms with Gasteiger partial charge in [0.2, 0.25) is 0 Å². The van der Waals surface area contributed by atoms with Crippen LogP contribution < -0.4 is 10.5 Å². The molecule has 0 radical (unpaired) electrons. The summed E-state index contributed by atoms with van der Waals surface area (Å²) in [5.74, 6) is 0.790. The molecule has 0 aliphatic rings. The number of benzene rings is 2. The van der Waals surface area contributed by atoms with Crippen molar-refractivity contribution in [1.29, 1.82) is 0 Å². The highest BCUT2D eigenvalue weighted by molar-refractivity contribution is 9.10. The third-order valence-corrected chi connectivity index (χ3v) is 5.46. The molecule has 4 rings (SSSR count). The maximum Gasteiger partial charge on any atom is 0.145 e. The second-order valence-electron chi connectivity index (χ2n) is 6.63. The molecule has 0 unspecified atom stereocenters. The molecule has 2 aromatic carbocycles. The zero-order chi connectivity index (χ0) is 18.8. The lowest BCUT2D eigenvalue weighted by Crippen LogP contribution is -1.99. The molecular formula is C22H22BrN3O. The number of fused-ring (bicyclic) bond motifs is 2. The standard InChI is InChI=1S/C22H22BrN3O/c1-27-20-10-8-17(15-6-4-12-25-22(15)20)21-16(5-2-3-11-24)18-13-14(23)7-9-19(18)26-21/h4,6-10,12-13,26H,2-3,5,11,24H2,1H3. The highest BCUT2D eigenvalue weighted by Gasteiger charge is 2.17. The molecule has 0 amide bonds. The van der Waals surface area contributed by atoms with Crippen molar-refractivity contribution < 1.29 is 4.74 Å². The fraction of sp³-hybridized carbons (Fsp3) is 0.227. The van der Waals surface area contributed by atoms with Gasteiger partial charge in [0.25, 0.3) is 0 Å². The van der Waals surface area contributed by atoms with Crippen molar-refractivity contribution in [2.75, 3.05) is 13.7 Å². The topological polar surface area (TPSA) is 63.9 Å². The number of unbranched alkanes of at least 4 members (excludes halogenated alkanes) is 1. The van der Waals surface area contributed by atoms with Crippen LogP contribution in [0, 0.1) is 0 Å². The van der Waals surface area contributed by atoms with Gasteiger partial charge in [-0.25, -0.2) is 0 Å². The van der Waals surface area contributed by atoms with Crippen LogP contribution in [0.1, 0.15) is 18.4 Å². The maximum absolute atomic E-state index is 5.72. The van der Waals surface area contributed by atoms with E-state index < -0.39 is 0 Å². The van der Waals surface area contributed by atoms with Gasteiger partial charge in [-0.15, -0.1) is 0 Å². The second-order valence-corrected chi connectivity index (χ2v) is 7.54. The summed E-state index contributed by atoms with van der Waals surface area (Å²) in [5, 5.41) is 2.34. The number of aryl methyl sites for hydroxylation is 1. The SMILES string of the molecule is COc1ccc(-c2[nH]c3ccc(Br)cc3c2CCCCN)c2cccnc12. The fourth-order valence-corrected chi connectivity index (χ4v) is 4.05. The molecule has 4 nitrogen and oxygen atoms in total. The summed E-state index contributed by atoms with van der Waals surface area (Å²) < 4.78 is 6.59. The number of aromatic amines is 1. The molecule has 0 aliphatic carbocycles. The maximum atomic E-state index is 5.72. The molecule has 0 fully saturated rings. The van der Waals surface area contributed by atoms with Crippen LogP contribution in [-0.4, -0.2) is 23.6 Å². The van der Waals surface area contributed by atoms with Crippen molar-refractivity contribution in [1.82, 2.24) is 9.97 Å². The van der Waals surface area contributed by atoms with E-state index in [1.54, 1.807) is 13.3 Å². The highest BCUT2D eigenvalue weighted by Crippen LogP contribution is 2.38. The molecule has 2 aromatic heterocycles. The van der Waals surface area contributed by atoms with Crippen LogP contribution in [0.2, 0.25) is 0 Å². The molecule has 27 heavy (non-hydrogen) atoms. The highest BCUT2D eigenvalue weighted by atomic mass is 79.9. The minimum absolute atomic E-state index is 0.719. The Morgan fingerprint density at radius 3 is 2.81 bits per heavy atom. The molecule has 0 spiro atoms. The van der Waals surface area contributed by atoms with Crippen LogP contribution >= 0.6 is 15.9 Å². The lowest BCUT2D eigenvalue weighted by atomic mass is 9.97. The molecular weight excluding hydrogens is 402 g/mol. The normalized spacial score (nSPS) is 11.4. The van der Waals surface area contributed by atoms with Gasteiger partial charge in [0, 0.05) is 32.5 Å². The van der Waals surface area contributed by atoms with E-state index in [0.29, 0.717) is 0 Å². The van der Waals surface area contributed by atoms with E-state index in [9.17, 15) is 0 Å². The van der Waals surface area contributed by atoms with E-state index in [1.807, 2.05) is 12.1 Å². The van der Waals surface area contributed by atoms with Gasteiger partial charge < -0.3 is 15.5 Å². The summed E-state index contributed by atoms with van der Waals surface area (Å²) in [7, 11) is 1.68. The average Bonchev–Trinajstić information content (AvgIpc) is 3.05. The van der Waals surface area contributed by atoms with Crippen LogP contribution in [0.25, 0.3) is 33.1 Å². The molecule has 0 bridgehead atoms. The van der Waals surface area contributed by atoms with E-state index in [1.165, 1.54) is 10.9 Å². The predicted molar refractivity (Wildman–Crippen MR) is 115 cm³/mol. The fourth-order valence-electron chi connectivity index (χ4n) is 3.69. The Balaban J connectivity index is 1.96. The van der Waals surface area contributed by atoms with E-state index in [0.717, 1.165) is 63.7 Å². The number of hydrogen-bond acceptors (Lipinski definition) is 3. The zero-order valence-corrected chi connectivity index (χ0v) is 16.8. The molecule has 3 N–H and O–H groups in total. The molecule has 4 aromatic rings. The third-order valence-electron chi connectivity index (χ3n) is 4.97. The minimum Gasteiger partial charge on any atom is -0.494 e. The number of nitrogens with one attached hydrogen (secondary N) is 1. The number of hydrogen-bond donors (Lipinski definition) is 2. The van der Waals surface area contributed by atoms with Crippen molar-refractivity contribution >= 4 is 37.7 Å². The second kappa shape index (κ2) is 7.71. The first-order chi connectivity index (χ1) is 13.2. The first-order valence-corrected chi connectivity index (χ1v) is 9.94. The average molecular weight is 424 g/mol. The molecule has 0 saturated heterocycles. The summed E-state index contributed by atoms with van der Waals surface area (Å²) in [5.41, 5.74) is 11.4. The Morgan fingerprint density at radius 2 is 2.00 bits per heavy atom. The smallest absolute Gasteiger partial charge is 0.145 e. The summed E-state index contributed by atoms with van der Waals surface area (Å²) in [6, 6.07) is 14.6. The van der Waals surface area contributed by atoms with Crippen molar-refractivity contribution in [3.05, 3.63) is 58.7 Å². The van der Waals surface area contributed by atoms with Gasteiger partial charge in [-0.3, -0.25) is 4.98 Å². The molecule has 0 aliphatic heterocycles. The van der Waals surface area contributed by atoms with Crippen LogP contribution in [-0.2, 0) is 6.42 Å². The molecule has 5 heteroatoms. The van der Waals surface area contributed by atoms with Gasteiger partial charge in [0.05, 0.1) is 12.8 Å². The number of aromatic nitrogens is 2. The summed E-state index contributed by atoms with van der Waals surface area (Å²) in [6.45, 7) is 0.719. The Hall–Kier alpha value is -2.37. The van der Waals surface area contributed by atoms with Crippen LogP contribution in [0.4, 0.5) is 0 Å². The molecule has 138 valence electrons. The van der Waals surface area contributed by atoms with E-state index in [-0.39, 0.29) is 0 Å². The lowest BCUT2D eigenvalue weighted by Gasteiger charge is -2.11. The van der Waals surface area contributed by atoms with E-state index in [4.69, 9.17) is 10.5 Å². The van der Waals surface area contributed by atoms with Crippen molar-refractivity contribution in [3.63, 3.8) is 0 Å². The van der Waals surface area contributed by atoms with Crippen LogP contribution in [0.15, 0.2) is 53.1 Å². The van der Waals surface area contributed by atoms with Gasteiger partial charge in [-0.1, -0.05) is 22.0 Å². The van der Waals surface area contributed by atoms with Gasteiger partial charge in [-0.05, 0) is 67.8 Å². The number of nitrogens with zero attached hydrogens (tertiary/aromatic N) is 1. The summed E-state index contributed by atoms with van der Waals surface area (Å²) >= 11 is 3.61. The van der Waals surface area contributed by atoms with Crippen molar-refractivity contribution in [2.45, 2.75) is 19.3 Å². The Labute approximate surface area is 166 Å². The van der Waals surface area contributed by atoms with Gasteiger partial charge >= 0.3 is 0 Å². The van der Waals surface area contributed by atoms with Crippen LogP contribution in [0.3, 0.4) is 0 Å². The summed E-state index contributed by atoms with van der Waals surface area (Å²) in [6.07, 6.45) is 4.87. The third kappa shape index (κ3) is 3.33. The number of pyridine rings is 1. The number of H-pyrrole nitrogens is 1. The number of nitrogens with two attached hydrogens (primary N) is 1. The van der Waals surface area contributed by atoms with Crippen molar-refractivity contribution in [3.8, 4) is 17.0 Å². The Bertz CT molecular complexity index is 1100. The number of rotatable bonds is 6. The van der Waals surface area contributed by atoms with E-state index in [2.05, 4.69) is 56.2 Å². The molecule has 0 atom stereocenters. The molecule has 2 heterocycles. The first kappa shape index (κ1) is 18.0. The zero-order valence-electron chi connectivity index (χ0n) is 15.3. The van der Waals surface area contributed by atoms with E-state index >= 15 is 0 Å². The predicted octanol–water partition coefficient (Wildman–Crippen LogP) is 5.44. The van der Waals surface area contributed by atoms with Gasteiger partial charge in [0.1, 0.15) is 11.3 Å². The number of ether oxygens (including phenoxy) is 1. The first-order valence-electron chi connectivity index (χ1n) is 9.15. The Kier molecular flexibility index (Phi) is 5.14. The molecule has 0 saturated carbocycles. The van der Waals surface area contributed by atoms with Crippen LogP contribution in [0.5, 0.6) is 5.75 Å². The largest absolute Gasteiger partial charge is 0.494 e. The number of methoxy groups -OCH3 is 1. The minimum atomic E-state index is 0.719. The summed E-state index contributed by atoms with van der Waals surface area (Å²) in [4.78, 5) is 8.19. The van der Waals surface area contributed by atoms with Crippen molar-refractivity contribution in [2.24, 2.45) is 5.73 Å². The number of halogens is 1.